The van der Waals surface area contributed by atoms with E-state index in [0.29, 0.717) is 16.4 Å². The molecule has 0 saturated heterocycles. The minimum atomic E-state index is -0.161. The maximum Gasteiger partial charge on any atom is 0.338 e. The van der Waals surface area contributed by atoms with Gasteiger partial charge in [0.25, 0.3) is 0 Å². The number of esters is 1. The Morgan fingerprint density at radius 1 is 0.972 bits per heavy atom. The molecule has 0 bridgehead atoms. The lowest BCUT2D eigenvalue weighted by atomic mass is 9.47. The fourth-order valence-electron chi connectivity index (χ4n) is 9.55. The van der Waals surface area contributed by atoms with Crippen molar-refractivity contribution in [2.75, 3.05) is 0 Å². The Balaban J connectivity index is 1.25. The van der Waals surface area contributed by atoms with Gasteiger partial charge in [-0.25, -0.2) is 4.79 Å². The highest BCUT2D eigenvalue weighted by Gasteiger charge is 2.59. The lowest BCUT2D eigenvalue weighted by Gasteiger charge is -2.58. The van der Waals surface area contributed by atoms with Crippen LogP contribution in [0.25, 0.3) is 0 Å². The van der Waals surface area contributed by atoms with Gasteiger partial charge in [-0.3, -0.25) is 0 Å². The summed E-state index contributed by atoms with van der Waals surface area (Å²) < 4.78 is 6.00. The normalized spacial score (nSPS) is 38.5. The van der Waals surface area contributed by atoms with E-state index in [1.807, 2.05) is 30.3 Å². The van der Waals surface area contributed by atoms with Crippen LogP contribution < -0.4 is 0 Å². The van der Waals surface area contributed by atoms with Crippen molar-refractivity contribution < 1.29 is 9.53 Å². The van der Waals surface area contributed by atoms with E-state index in [2.05, 4.69) is 40.7 Å². The smallest absolute Gasteiger partial charge is 0.338 e. The van der Waals surface area contributed by atoms with Crippen LogP contribution in [0.4, 0.5) is 0 Å². The maximum atomic E-state index is 12.7. The predicted octanol–water partition coefficient (Wildman–Crippen LogP) is 9.25. The minimum Gasteiger partial charge on any atom is -0.458 e. The van der Waals surface area contributed by atoms with Crippen LogP contribution in [-0.4, -0.2) is 12.1 Å². The van der Waals surface area contributed by atoms with Gasteiger partial charge in [-0.15, -0.1) is 0 Å². The van der Waals surface area contributed by atoms with Crippen molar-refractivity contribution in [2.45, 2.75) is 111 Å². The van der Waals surface area contributed by atoms with Gasteiger partial charge in [-0.05, 0) is 103 Å². The molecule has 1 aromatic carbocycles. The first-order chi connectivity index (χ1) is 17.2. The van der Waals surface area contributed by atoms with Gasteiger partial charge in [0.15, 0.2) is 0 Å². The van der Waals surface area contributed by atoms with Gasteiger partial charge in [-0.2, -0.15) is 0 Å². The molecule has 2 nitrogen and oxygen atoms in total. The van der Waals surface area contributed by atoms with Crippen molar-refractivity contribution in [3.05, 3.63) is 47.5 Å². The molecule has 3 saturated carbocycles. The Labute approximate surface area is 220 Å². The zero-order chi connectivity index (χ0) is 25.5. The van der Waals surface area contributed by atoms with E-state index >= 15 is 0 Å². The van der Waals surface area contributed by atoms with Crippen molar-refractivity contribution in [1.29, 1.82) is 0 Å². The summed E-state index contributed by atoms with van der Waals surface area (Å²) in [5, 5.41) is 0. The third kappa shape index (κ3) is 4.71. The Morgan fingerprint density at radius 2 is 1.75 bits per heavy atom. The van der Waals surface area contributed by atoms with Crippen LogP contribution in [0.3, 0.4) is 0 Å². The number of hydrogen-bond acceptors (Lipinski definition) is 2. The van der Waals surface area contributed by atoms with E-state index in [1.54, 1.807) is 5.57 Å². The van der Waals surface area contributed by atoms with Gasteiger partial charge in [0.05, 0.1) is 5.56 Å². The van der Waals surface area contributed by atoms with Crippen molar-refractivity contribution in [3.63, 3.8) is 0 Å². The van der Waals surface area contributed by atoms with Crippen molar-refractivity contribution in [1.82, 2.24) is 0 Å². The lowest BCUT2D eigenvalue weighted by Crippen LogP contribution is -2.51. The first-order valence-electron chi connectivity index (χ1n) is 15.2. The van der Waals surface area contributed by atoms with Crippen LogP contribution in [0, 0.1) is 46.3 Å². The van der Waals surface area contributed by atoms with Crippen LogP contribution in [0.15, 0.2) is 42.0 Å². The molecule has 0 radical (unpaired) electrons. The standard InChI is InChI=1S/C34H50O2/c1-23(2)10-9-11-24(3)29-16-17-30-28-15-14-26-22-27(36-32(35)25-12-7-6-8-13-25)18-20-33(26,4)31(28)19-21-34(29,30)5/h6-8,12-14,23-24,27-31H,9-11,15-22H2,1-5H3/t24-,27+,28-,29+,30-,31-,33+,34+/m1/s1. The number of benzene rings is 1. The summed E-state index contributed by atoms with van der Waals surface area (Å²) in [5.74, 6) is 5.03. The van der Waals surface area contributed by atoms with E-state index in [0.717, 1.165) is 48.3 Å². The second-order valence-corrected chi connectivity index (χ2v) is 13.9. The van der Waals surface area contributed by atoms with E-state index < -0.39 is 0 Å². The molecule has 0 aliphatic heterocycles. The number of rotatable bonds is 7. The summed E-state index contributed by atoms with van der Waals surface area (Å²) >= 11 is 0. The molecule has 2 heteroatoms. The average molecular weight is 491 g/mol. The molecule has 0 aromatic heterocycles. The largest absolute Gasteiger partial charge is 0.458 e. The van der Waals surface area contributed by atoms with Crippen LogP contribution in [-0.2, 0) is 4.74 Å². The zero-order valence-corrected chi connectivity index (χ0v) is 23.6. The van der Waals surface area contributed by atoms with E-state index in [-0.39, 0.29) is 12.1 Å². The monoisotopic (exact) mass is 490 g/mol. The molecule has 0 amide bonds. The Hall–Kier alpha value is -1.57. The van der Waals surface area contributed by atoms with Gasteiger partial charge in [0, 0.05) is 6.42 Å². The van der Waals surface area contributed by atoms with Gasteiger partial charge in [0.2, 0.25) is 0 Å². The Bertz CT molecular complexity index is 947. The third-order valence-corrected chi connectivity index (χ3v) is 11.5. The summed E-state index contributed by atoms with van der Waals surface area (Å²) in [6.45, 7) is 12.6. The van der Waals surface area contributed by atoms with Crippen LogP contribution in [0.5, 0.6) is 0 Å². The summed E-state index contributed by atoms with van der Waals surface area (Å²) in [5.41, 5.74) is 3.12. The molecule has 198 valence electrons. The molecule has 1 aromatic rings. The molecule has 8 atom stereocenters. The van der Waals surface area contributed by atoms with E-state index in [9.17, 15) is 4.79 Å². The highest BCUT2D eigenvalue weighted by molar-refractivity contribution is 5.89. The van der Waals surface area contributed by atoms with Gasteiger partial charge < -0.3 is 4.74 Å². The topological polar surface area (TPSA) is 26.3 Å². The summed E-state index contributed by atoms with van der Waals surface area (Å²) in [6.07, 6.45) is 17.0. The SMILES string of the molecule is CC(C)CCC[C@@H](C)[C@@H]1CC[C@@H]2[C@H]3CC=C4C[C@@H](OC(=O)c5ccccc5)CC[C@]4(C)[C@@H]3CC[C@]21C. The molecule has 4 aliphatic rings. The third-order valence-electron chi connectivity index (χ3n) is 11.5. The molecule has 5 rings (SSSR count). The number of carbonyl (C=O) groups is 1. The van der Waals surface area contributed by atoms with Crippen LogP contribution in [0.2, 0.25) is 0 Å². The second-order valence-electron chi connectivity index (χ2n) is 13.9. The van der Waals surface area contributed by atoms with E-state index in [1.165, 1.54) is 57.8 Å². The van der Waals surface area contributed by atoms with Gasteiger partial charge in [0.1, 0.15) is 6.10 Å². The lowest BCUT2D eigenvalue weighted by molar-refractivity contribution is -0.0594. The van der Waals surface area contributed by atoms with Crippen LogP contribution >= 0.6 is 0 Å². The summed E-state index contributed by atoms with van der Waals surface area (Å²) in [6, 6.07) is 9.49. The number of ether oxygens (including phenoxy) is 1. The second kappa shape index (κ2) is 10.3. The minimum absolute atomic E-state index is 0.0324. The number of fused-ring (bicyclic) bond motifs is 5. The fraction of sp³-hybridized carbons (Fsp3) is 0.735. The first kappa shape index (κ1) is 26.1. The van der Waals surface area contributed by atoms with Crippen LogP contribution in [0.1, 0.15) is 116 Å². The summed E-state index contributed by atoms with van der Waals surface area (Å²) in [7, 11) is 0. The number of hydrogen-bond donors (Lipinski definition) is 0. The molecule has 36 heavy (non-hydrogen) atoms. The maximum absolute atomic E-state index is 12.7. The fourth-order valence-corrected chi connectivity index (χ4v) is 9.55. The van der Waals surface area contributed by atoms with Crippen molar-refractivity contribution >= 4 is 5.97 Å². The molecule has 0 spiro atoms. The molecular weight excluding hydrogens is 440 g/mol. The average Bonchev–Trinajstić information content (AvgIpc) is 3.22. The molecule has 0 N–H and O–H groups in total. The molecule has 4 aliphatic carbocycles. The Morgan fingerprint density at radius 3 is 2.50 bits per heavy atom. The molecular formula is C34H50O2. The molecule has 3 fully saturated rings. The first-order valence-corrected chi connectivity index (χ1v) is 15.2. The highest BCUT2D eigenvalue weighted by Crippen LogP contribution is 2.67. The quantitative estimate of drug-likeness (QED) is 0.281. The molecule has 0 unspecified atom stereocenters. The number of carbonyl (C=O) groups excluding carboxylic acids is 1. The predicted molar refractivity (Wildman–Crippen MR) is 149 cm³/mol. The highest BCUT2D eigenvalue weighted by atomic mass is 16.5. The van der Waals surface area contributed by atoms with E-state index in [4.69, 9.17) is 4.74 Å². The van der Waals surface area contributed by atoms with Crippen molar-refractivity contribution in [2.24, 2.45) is 46.3 Å². The van der Waals surface area contributed by atoms with Gasteiger partial charge >= 0.3 is 5.97 Å². The van der Waals surface area contributed by atoms with Gasteiger partial charge in [-0.1, -0.05) is 83.7 Å². The Kier molecular flexibility index (Phi) is 7.45. The number of allylic oxidation sites excluding steroid dienone is 1. The molecule has 0 heterocycles. The summed E-state index contributed by atoms with van der Waals surface area (Å²) in [4.78, 5) is 12.7. The van der Waals surface area contributed by atoms with Crippen molar-refractivity contribution in [3.8, 4) is 0 Å². The zero-order valence-electron chi connectivity index (χ0n) is 23.6.